The number of fused-ring (bicyclic) bond motifs is 1. The number of H-pyrrole nitrogens is 2. The summed E-state index contributed by atoms with van der Waals surface area (Å²) >= 11 is 0. The number of hydrogen-bond acceptors (Lipinski definition) is 4. The molecule has 32 heavy (non-hydrogen) atoms. The second-order valence-electron chi connectivity index (χ2n) is 8.00. The molecule has 2 aromatic heterocycles. The molecule has 0 radical (unpaired) electrons. The van der Waals surface area contributed by atoms with Crippen molar-refractivity contribution < 1.29 is 4.74 Å². The van der Waals surface area contributed by atoms with E-state index in [0.717, 1.165) is 41.1 Å². The molecular weight excluding hydrogens is 400 g/mol. The fourth-order valence-corrected chi connectivity index (χ4v) is 3.55. The molecule has 6 nitrogen and oxygen atoms in total. The second-order valence-corrected chi connectivity index (χ2v) is 8.00. The fourth-order valence-electron chi connectivity index (χ4n) is 3.55. The van der Waals surface area contributed by atoms with Gasteiger partial charge in [0.1, 0.15) is 18.0 Å². The van der Waals surface area contributed by atoms with Crippen LogP contribution in [0.25, 0.3) is 34.4 Å². The lowest BCUT2D eigenvalue weighted by Gasteiger charge is -2.11. The van der Waals surface area contributed by atoms with Gasteiger partial charge in [-0.25, -0.2) is 4.98 Å². The lowest BCUT2D eigenvalue weighted by molar-refractivity contribution is 0.261. The van der Waals surface area contributed by atoms with Crippen LogP contribution < -0.4 is 10.3 Å². The SMILES string of the molecule is CCc1ccc(-c2cc3c(=O)[nH]cnc3[nH]2)cc1C=Cc1ccc(OCCN(C)C)cc1. The maximum atomic E-state index is 12.0. The van der Waals surface area contributed by atoms with Gasteiger partial charge in [0.05, 0.1) is 11.7 Å². The molecule has 164 valence electrons. The van der Waals surface area contributed by atoms with Crippen LogP contribution in [0.5, 0.6) is 5.75 Å². The van der Waals surface area contributed by atoms with Crippen LogP contribution >= 0.6 is 0 Å². The number of aromatic amines is 2. The number of hydrogen-bond donors (Lipinski definition) is 2. The van der Waals surface area contributed by atoms with Crippen molar-refractivity contribution in [1.82, 2.24) is 19.9 Å². The zero-order valence-electron chi connectivity index (χ0n) is 18.7. The first-order valence-electron chi connectivity index (χ1n) is 10.8. The lowest BCUT2D eigenvalue weighted by atomic mass is 9.99. The zero-order chi connectivity index (χ0) is 22.5. The summed E-state index contributed by atoms with van der Waals surface area (Å²) < 4.78 is 5.77. The van der Waals surface area contributed by atoms with Gasteiger partial charge in [0.2, 0.25) is 0 Å². The van der Waals surface area contributed by atoms with Gasteiger partial charge >= 0.3 is 0 Å². The van der Waals surface area contributed by atoms with Crippen molar-refractivity contribution >= 4 is 23.2 Å². The average Bonchev–Trinajstić information content (AvgIpc) is 3.24. The number of nitrogens with zero attached hydrogens (tertiary/aromatic N) is 2. The first-order chi connectivity index (χ1) is 15.5. The van der Waals surface area contributed by atoms with Gasteiger partial charge in [0.15, 0.2) is 0 Å². The lowest BCUT2D eigenvalue weighted by Crippen LogP contribution is -2.19. The molecule has 4 aromatic rings. The van der Waals surface area contributed by atoms with Crippen molar-refractivity contribution in [1.29, 1.82) is 0 Å². The standard InChI is InChI=1S/C26H28N4O2/c1-4-19-9-10-21(24-16-23-25(29-24)27-17-28-26(23)31)15-20(19)8-5-18-6-11-22(12-7-18)32-14-13-30(2)3/h5-12,15-17H,4,13-14H2,1-3H3,(H2,27,28,29,31). The van der Waals surface area contributed by atoms with E-state index < -0.39 is 0 Å². The van der Waals surface area contributed by atoms with Crippen LogP contribution in [0.15, 0.2) is 59.7 Å². The highest BCUT2D eigenvalue weighted by Crippen LogP contribution is 2.26. The number of aromatic nitrogens is 3. The van der Waals surface area contributed by atoms with Gasteiger partial charge in [-0.2, -0.15) is 0 Å². The van der Waals surface area contributed by atoms with E-state index in [1.807, 2.05) is 32.3 Å². The number of nitrogens with one attached hydrogen (secondary N) is 2. The van der Waals surface area contributed by atoms with Crippen LogP contribution in [0.4, 0.5) is 0 Å². The van der Waals surface area contributed by atoms with E-state index in [4.69, 9.17) is 4.74 Å². The molecule has 0 unspecified atom stereocenters. The number of benzene rings is 2. The van der Waals surface area contributed by atoms with Crippen molar-refractivity contribution in [3.05, 3.63) is 81.9 Å². The third-order valence-electron chi connectivity index (χ3n) is 5.41. The molecule has 0 bridgehead atoms. The van der Waals surface area contributed by atoms with Crippen molar-refractivity contribution in [2.24, 2.45) is 0 Å². The van der Waals surface area contributed by atoms with Gasteiger partial charge in [0, 0.05) is 12.2 Å². The molecular formula is C26H28N4O2. The van der Waals surface area contributed by atoms with Crippen molar-refractivity contribution in [2.75, 3.05) is 27.2 Å². The summed E-state index contributed by atoms with van der Waals surface area (Å²) in [6.45, 7) is 3.71. The summed E-state index contributed by atoms with van der Waals surface area (Å²) in [6, 6.07) is 16.3. The highest BCUT2D eigenvalue weighted by molar-refractivity contribution is 5.83. The van der Waals surface area contributed by atoms with E-state index in [1.54, 1.807) is 0 Å². The molecule has 2 heterocycles. The largest absolute Gasteiger partial charge is 0.492 e. The molecule has 6 heteroatoms. The van der Waals surface area contributed by atoms with E-state index in [-0.39, 0.29) is 5.56 Å². The molecule has 0 fully saturated rings. The molecule has 0 amide bonds. The summed E-state index contributed by atoms with van der Waals surface area (Å²) in [5, 5.41) is 0.562. The Balaban J connectivity index is 1.55. The minimum atomic E-state index is -0.142. The van der Waals surface area contributed by atoms with Crippen LogP contribution in [0.1, 0.15) is 23.6 Å². The first kappa shape index (κ1) is 21.6. The highest BCUT2D eigenvalue weighted by Gasteiger charge is 2.09. The van der Waals surface area contributed by atoms with Gasteiger partial charge in [-0.1, -0.05) is 43.3 Å². The molecule has 0 aliphatic carbocycles. The number of likely N-dealkylation sites (N-methyl/N-ethyl adjacent to an activating group) is 1. The molecule has 0 saturated heterocycles. The smallest absolute Gasteiger partial charge is 0.260 e. The van der Waals surface area contributed by atoms with Crippen LogP contribution in [0, 0.1) is 0 Å². The zero-order valence-corrected chi connectivity index (χ0v) is 18.7. The van der Waals surface area contributed by atoms with E-state index >= 15 is 0 Å². The molecule has 2 aromatic carbocycles. The Labute approximate surface area is 187 Å². The van der Waals surface area contributed by atoms with Gasteiger partial charge in [-0.3, -0.25) is 4.79 Å². The van der Waals surface area contributed by atoms with E-state index in [2.05, 4.69) is 69.3 Å². The first-order valence-corrected chi connectivity index (χ1v) is 10.8. The topological polar surface area (TPSA) is 74.0 Å². The van der Waals surface area contributed by atoms with Gasteiger partial charge in [-0.05, 0) is 67.0 Å². The summed E-state index contributed by atoms with van der Waals surface area (Å²) in [5.74, 6) is 0.877. The van der Waals surface area contributed by atoms with Gasteiger partial charge in [0.25, 0.3) is 5.56 Å². The summed E-state index contributed by atoms with van der Waals surface area (Å²) in [6.07, 6.45) is 6.60. The Kier molecular flexibility index (Phi) is 6.52. The highest BCUT2D eigenvalue weighted by atomic mass is 16.5. The van der Waals surface area contributed by atoms with Crippen molar-refractivity contribution in [3.63, 3.8) is 0 Å². The molecule has 0 spiro atoms. The minimum Gasteiger partial charge on any atom is -0.492 e. The molecule has 4 rings (SSSR count). The molecule has 2 N–H and O–H groups in total. The monoisotopic (exact) mass is 428 g/mol. The maximum absolute atomic E-state index is 12.0. The summed E-state index contributed by atoms with van der Waals surface area (Å²) in [5.41, 5.74) is 5.87. The Hall–Kier alpha value is -3.64. The fraction of sp³-hybridized carbons (Fsp3) is 0.231. The van der Waals surface area contributed by atoms with E-state index in [0.29, 0.717) is 17.6 Å². The summed E-state index contributed by atoms with van der Waals surface area (Å²) in [4.78, 5) is 24.2. The summed E-state index contributed by atoms with van der Waals surface area (Å²) in [7, 11) is 4.07. The Morgan fingerprint density at radius 3 is 2.59 bits per heavy atom. The van der Waals surface area contributed by atoms with Crippen molar-refractivity contribution in [3.8, 4) is 17.0 Å². The molecule has 0 aliphatic rings. The average molecular weight is 429 g/mol. The molecule has 0 aliphatic heterocycles. The molecule has 0 atom stereocenters. The van der Waals surface area contributed by atoms with Crippen molar-refractivity contribution in [2.45, 2.75) is 13.3 Å². The predicted octanol–water partition coefficient (Wildman–Crippen LogP) is 4.59. The van der Waals surface area contributed by atoms with Gasteiger partial charge < -0.3 is 19.6 Å². The Morgan fingerprint density at radius 2 is 1.88 bits per heavy atom. The Bertz CT molecular complexity index is 1280. The second kappa shape index (κ2) is 9.66. The third kappa shape index (κ3) is 4.98. The van der Waals surface area contributed by atoms with Crippen LogP contribution in [0.3, 0.4) is 0 Å². The normalized spacial score (nSPS) is 11.6. The van der Waals surface area contributed by atoms with Crippen LogP contribution in [0.2, 0.25) is 0 Å². The number of rotatable bonds is 8. The van der Waals surface area contributed by atoms with Crippen LogP contribution in [-0.2, 0) is 6.42 Å². The Morgan fingerprint density at radius 1 is 1.06 bits per heavy atom. The quantitative estimate of drug-likeness (QED) is 0.403. The van der Waals surface area contributed by atoms with Crippen LogP contribution in [-0.4, -0.2) is 47.1 Å². The molecule has 0 saturated carbocycles. The van der Waals surface area contributed by atoms with E-state index in [1.165, 1.54) is 11.9 Å². The van der Waals surface area contributed by atoms with E-state index in [9.17, 15) is 4.79 Å². The minimum absolute atomic E-state index is 0.142. The maximum Gasteiger partial charge on any atom is 0.260 e. The van der Waals surface area contributed by atoms with Gasteiger partial charge in [-0.15, -0.1) is 0 Å². The number of aryl methyl sites for hydroxylation is 1. The third-order valence-corrected chi connectivity index (χ3v) is 5.41. The predicted molar refractivity (Wildman–Crippen MR) is 131 cm³/mol. The number of ether oxygens (including phenoxy) is 1.